The number of H-pyrrole nitrogens is 1. The average molecular weight is 1180 g/mol. The fourth-order valence-electron chi connectivity index (χ4n) is 14.4. The van der Waals surface area contributed by atoms with Crippen LogP contribution in [0.1, 0.15) is 131 Å². The van der Waals surface area contributed by atoms with E-state index in [0.29, 0.717) is 73.9 Å². The number of nitrogens with zero attached hydrogens (tertiary/aromatic N) is 7. The molecule has 450 valence electrons. The molecule has 7 heterocycles. The lowest BCUT2D eigenvalue weighted by molar-refractivity contribution is -0.384. The van der Waals surface area contributed by atoms with Gasteiger partial charge in [-0.1, -0.05) is 18.2 Å². The summed E-state index contributed by atoms with van der Waals surface area (Å²) in [6.45, 7) is 12.3. The summed E-state index contributed by atoms with van der Waals surface area (Å²) in [6, 6.07) is 24.1. The number of carbonyl (C=O) groups excluding carboxylic acids is 1. The number of ether oxygens (including phenoxy) is 4. The third-order valence-electron chi connectivity index (χ3n) is 19.2. The minimum absolute atomic E-state index is 0.0374. The van der Waals surface area contributed by atoms with Crippen LogP contribution >= 0.6 is 0 Å². The number of piperidine rings is 1. The first kappa shape index (κ1) is 57.1. The van der Waals surface area contributed by atoms with Crippen molar-refractivity contribution in [2.24, 2.45) is 11.3 Å². The number of anilines is 4. The lowest BCUT2D eigenvalue weighted by Crippen LogP contribution is -2.59. The number of nitro benzene ring substituents is 1. The van der Waals surface area contributed by atoms with Gasteiger partial charge < -0.3 is 44.2 Å². The molecule has 21 heteroatoms. The minimum atomic E-state index is -4.65. The highest BCUT2D eigenvalue weighted by Gasteiger charge is 2.51. The van der Waals surface area contributed by atoms with Crippen LogP contribution in [0.3, 0.4) is 0 Å². The Kier molecular flexibility index (Phi) is 15.4. The Bertz CT molecular complexity index is 3580. The summed E-state index contributed by atoms with van der Waals surface area (Å²) in [5.41, 5.74) is 5.42. The highest BCUT2D eigenvalue weighted by atomic mass is 32.2. The molecule has 3 atom stereocenters. The number of hydrogen-bond acceptors (Lipinski definition) is 17. The minimum Gasteiger partial charge on any atom is -0.495 e. The van der Waals surface area contributed by atoms with E-state index in [-0.39, 0.29) is 40.8 Å². The van der Waals surface area contributed by atoms with E-state index in [1.807, 2.05) is 43.6 Å². The molecule has 13 rings (SSSR count). The highest BCUT2D eigenvalue weighted by Crippen LogP contribution is 2.54. The zero-order valence-corrected chi connectivity index (χ0v) is 49.8. The van der Waals surface area contributed by atoms with Gasteiger partial charge in [-0.25, -0.2) is 13.1 Å². The lowest BCUT2D eigenvalue weighted by atomic mass is 9.59. The number of hydrogen-bond donors (Lipinski definition) is 4. The van der Waals surface area contributed by atoms with Gasteiger partial charge in [0.05, 0.1) is 64.3 Å². The number of aliphatic hydroxyl groups is 1. The van der Waals surface area contributed by atoms with Gasteiger partial charge in [0, 0.05) is 99.5 Å². The number of aromatic nitrogens is 3. The van der Waals surface area contributed by atoms with E-state index in [1.54, 1.807) is 13.2 Å². The molecular formula is C64H78N10O10S. The van der Waals surface area contributed by atoms with Gasteiger partial charge >= 0.3 is 0 Å². The Hall–Kier alpha value is -7.04. The molecule has 0 radical (unpaired) electrons. The van der Waals surface area contributed by atoms with E-state index in [9.17, 15) is 28.4 Å². The quantitative estimate of drug-likeness (QED) is 0.0492. The first-order valence-corrected chi connectivity index (χ1v) is 32.0. The molecule has 3 saturated carbocycles. The number of sulfonamides is 1. The van der Waals surface area contributed by atoms with E-state index >= 15 is 0 Å². The Morgan fingerprint density at radius 2 is 1.74 bits per heavy atom. The number of benzene rings is 3. The van der Waals surface area contributed by atoms with Crippen molar-refractivity contribution < 1.29 is 42.2 Å². The van der Waals surface area contributed by atoms with Gasteiger partial charge in [0.1, 0.15) is 34.6 Å². The van der Waals surface area contributed by atoms with Crippen LogP contribution in [0.4, 0.5) is 28.4 Å². The second-order valence-corrected chi connectivity index (χ2v) is 27.2. The van der Waals surface area contributed by atoms with Crippen LogP contribution in [0.5, 0.6) is 17.4 Å². The first-order chi connectivity index (χ1) is 41.0. The molecule has 0 bridgehead atoms. The number of carbonyl (C=O) groups is 1. The van der Waals surface area contributed by atoms with Crippen molar-refractivity contribution in [1.82, 2.24) is 29.5 Å². The maximum Gasteiger partial charge on any atom is 0.293 e. The molecule has 3 aromatic carbocycles. The summed E-state index contributed by atoms with van der Waals surface area (Å²) in [4.78, 5) is 49.0. The number of para-hydroxylation sites is 1. The standard InChI is InChI=1S/C64H78N10O10S/c1-40(2)83-56-8-6-5-7-48(56)55-38-70(37-42-29-57(81-4)59(67-36-42)43-9-10-43)26-27-72(55)46-33-64(34-46)21-24-71(25-22-64)45-11-13-49(52(31-45)73-51-18-28-82-39-58(51)84-62-54(73)30-44-17-23-65-60(44)68-62)61(75)69-85(79,80)47-12-14-50(53(32-47)74(77)78)66-35-41-15-19-63(3,76)20-16-41/h5-8,11-14,17,23,29-32,36,40-41,43,46,51,55,58,66,76H,9-10,15-16,18-22,24-28,33-35,37-39H2,1-4H3,(H,65,68)(H,69,75)/t41?,51-,55+,58-,63?/m0/s1. The van der Waals surface area contributed by atoms with Crippen molar-refractivity contribution in [1.29, 1.82) is 0 Å². The predicted octanol–water partition coefficient (Wildman–Crippen LogP) is 10.0. The maximum atomic E-state index is 14.9. The van der Waals surface area contributed by atoms with Crippen molar-refractivity contribution in [2.45, 2.75) is 145 Å². The average Bonchev–Trinajstić information content (AvgIpc) is 1.99. The van der Waals surface area contributed by atoms with E-state index in [1.165, 1.54) is 30.5 Å². The van der Waals surface area contributed by atoms with Crippen LogP contribution in [-0.2, 0) is 21.3 Å². The van der Waals surface area contributed by atoms with Gasteiger partial charge in [-0.05, 0) is 163 Å². The normalized spacial score (nSPS) is 24.5. The molecule has 6 aromatic rings. The van der Waals surface area contributed by atoms with Crippen LogP contribution in [0.15, 0.2) is 96.2 Å². The number of nitro groups is 1. The zero-order chi connectivity index (χ0) is 58.8. The Labute approximate surface area is 496 Å². The molecule has 3 saturated heterocycles. The third kappa shape index (κ3) is 11.7. The van der Waals surface area contributed by atoms with E-state index in [0.717, 1.165) is 118 Å². The SMILES string of the molecule is COc1cc(CN2CCN(C3CC4(CCN(c5ccc(C(=O)NS(=O)(=O)c6ccc(NCC7CCC(C)(O)CC7)c([N+](=O)[O-])c6)c(N6c7cc8cc[nH]c8nc7O[C@H]7COCC[C@@H]76)c5)CC4)C3)[C@@H](c3ccccc3OC(C)C)C2)cnc1C1CC1. The van der Waals surface area contributed by atoms with Crippen molar-refractivity contribution in [3.05, 3.63) is 124 Å². The highest BCUT2D eigenvalue weighted by molar-refractivity contribution is 7.90. The zero-order valence-electron chi connectivity index (χ0n) is 49.0. The summed E-state index contributed by atoms with van der Waals surface area (Å²) < 4.78 is 55.8. The largest absolute Gasteiger partial charge is 0.495 e. The predicted molar refractivity (Wildman–Crippen MR) is 324 cm³/mol. The van der Waals surface area contributed by atoms with Gasteiger partial charge in [-0.15, -0.1) is 0 Å². The van der Waals surface area contributed by atoms with Gasteiger partial charge in [0.25, 0.3) is 21.6 Å². The van der Waals surface area contributed by atoms with Crippen molar-refractivity contribution in [3.8, 4) is 17.4 Å². The Morgan fingerprint density at radius 3 is 2.51 bits per heavy atom. The van der Waals surface area contributed by atoms with E-state index in [4.69, 9.17) is 28.9 Å². The van der Waals surface area contributed by atoms with Crippen LogP contribution in [-0.4, -0.2) is 139 Å². The second-order valence-electron chi connectivity index (χ2n) is 25.5. The van der Waals surface area contributed by atoms with Crippen LogP contribution in [0, 0.1) is 21.4 Å². The molecular weight excluding hydrogens is 1100 g/mol. The molecule has 3 aromatic heterocycles. The molecule has 3 aliphatic carbocycles. The van der Waals surface area contributed by atoms with Crippen LogP contribution in [0.2, 0.25) is 0 Å². The van der Waals surface area contributed by atoms with E-state index in [2.05, 4.69) is 78.8 Å². The van der Waals surface area contributed by atoms with Gasteiger partial charge in [0.15, 0.2) is 0 Å². The molecule has 0 unspecified atom stereocenters. The number of amides is 1. The topological polar surface area (TPSA) is 230 Å². The molecule has 4 aliphatic heterocycles. The van der Waals surface area contributed by atoms with Gasteiger partial charge in [-0.2, -0.15) is 4.98 Å². The first-order valence-electron chi connectivity index (χ1n) is 30.5. The van der Waals surface area contributed by atoms with Crippen LogP contribution < -0.4 is 34.0 Å². The Balaban J connectivity index is 0.751. The second kappa shape index (κ2) is 23.0. The monoisotopic (exact) mass is 1180 g/mol. The number of methoxy groups -OCH3 is 1. The van der Waals surface area contributed by atoms with Gasteiger partial charge in [0.2, 0.25) is 5.88 Å². The van der Waals surface area contributed by atoms with Gasteiger partial charge in [-0.3, -0.25) is 29.7 Å². The van der Waals surface area contributed by atoms with Crippen molar-refractivity contribution >= 4 is 55.4 Å². The molecule has 20 nitrogen and oxygen atoms in total. The number of aromatic amines is 1. The van der Waals surface area contributed by atoms with Crippen LogP contribution in [0.25, 0.3) is 11.0 Å². The Morgan fingerprint density at radius 1 is 0.941 bits per heavy atom. The summed E-state index contributed by atoms with van der Waals surface area (Å²) >= 11 is 0. The molecule has 6 fully saturated rings. The molecule has 4 N–H and O–H groups in total. The molecule has 1 spiro atoms. The molecule has 85 heavy (non-hydrogen) atoms. The summed E-state index contributed by atoms with van der Waals surface area (Å²) in [5.74, 6) is 2.00. The number of nitrogens with one attached hydrogen (secondary N) is 3. The molecule has 1 amide bonds. The number of piperazine rings is 1. The summed E-state index contributed by atoms with van der Waals surface area (Å²) in [7, 11) is -2.90. The number of pyridine rings is 2. The molecule has 7 aliphatic rings. The fourth-order valence-corrected chi connectivity index (χ4v) is 15.3. The van der Waals surface area contributed by atoms with Crippen molar-refractivity contribution in [2.75, 3.05) is 74.7 Å². The number of rotatable bonds is 17. The summed E-state index contributed by atoms with van der Waals surface area (Å²) in [5, 5.41) is 26.9. The van der Waals surface area contributed by atoms with Crippen molar-refractivity contribution in [3.63, 3.8) is 0 Å². The third-order valence-corrected chi connectivity index (χ3v) is 20.6. The summed E-state index contributed by atoms with van der Waals surface area (Å²) in [6.07, 6.45) is 13.3. The number of fused-ring (bicyclic) bond motifs is 3. The smallest absolute Gasteiger partial charge is 0.293 e. The lowest BCUT2D eigenvalue weighted by Gasteiger charge is -2.58. The fraction of sp³-hybridized carbons (Fsp3) is 0.516. The maximum absolute atomic E-state index is 14.9. The van der Waals surface area contributed by atoms with E-state index < -0.39 is 43.1 Å².